The first-order chi connectivity index (χ1) is 10.1. The standard InChI is InChI=1S/C14H15NO6/c16-6-5-10(14(18)19)15-13(17)4-2-9-1-3-11-12(7-9)21-8-20-11/h1-4,7,10,16H,5-6,8H2,(H,15,17)(H,18,19). The molecule has 1 aliphatic rings. The summed E-state index contributed by atoms with van der Waals surface area (Å²) in [6.07, 6.45) is 2.72. The molecule has 0 saturated heterocycles. The molecule has 1 heterocycles. The van der Waals surface area contributed by atoms with Gasteiger partial charge in [0.15, 0.2) is 11.5 Å². The number of fused-ring (bicyclic) bond motifs is 1. The van der Waals surface area contributed by atoms with E-state index in [4.69, 9.17) is 19.7 Å². The first-order valence-electron chi connectivity index (χ1n) is 6.32. The molecule has 0 aliphatic carbocycles. The molecule has 0 bridgehead atoms. The van der Waals surface area contributed by atoms with Crippen LogP contribution in [0, 0.1) is 0 Å². The van der Waals surface area contributed by atoms with Crippen molar-refractivity contribution >= 4 is 18.0 Å². The van der Waals surface area contributed by atoms with Crippen LogP contribution in [0.3, 0.4) is 0 Å². The first kappa shape index (κ1) is 14.9. The summed E-state index contributed by atoms with van der Waals surface area (Å²) in [6.45, 7) is -0.145. The van der Waals surface area contributed by atoms with Crippen molar-refractivity contribution in [3.8, 4) is 11.5 Å². The summed E-state index contributed by atoms with van der Waals surface area (Å²) in [6, 6.07) is 4.09. The van der Waals surface area contributed by atoms with Crippen LogP contribution >= 0.6 is 0 Å². The molecule has 1 amide bonds. The lowest BCUT2D eigenvalue weighted by Gasteiger charge is -2.11. The molecule has 0 radical (unpaired) electrons. The number of ether oxygens (including phenoxy) is 2. The lowest BCUT2D eigenvalue weighted by atomic mass is 10.2. The third kappa shape index (κ3) is 3.96. The summed E-state index contributed by atoms with van der Waals surface area (Å²) >= 11 is 0. The van der Waals surface area contributed by atoms with Crippen LogP contribution in [-0.2, 0) is 9.59 Å². The Hall–Kier alpha value is -2.54. The number of carbonyl (C=O) groups excluding carboxylic acids is 1. The van der Waals surface area contributed by atoms with Gasteiger partial charge in [0, 0.05) is 19.1 Å². The minimum atomic E-state index is -1.19. The Balaban J connectivity index is 1.97. The molecule has 1 aromatic carbocycles. The van der Waals surface area contributed by atoms with Crippen molar-refractivity contribution < 1.29 is 29.3 Å². The molecule has 7 nitrogen and oxygen atoms in total. The summed E-state index contributed by atoms with van der Waals surface area (Å²) in [5.74, 6) is -0.492. The number of amides is 1. The fourth-order valence-corrected chi connectivity index (χ4v) is 1.80. The number of aliphatic hydroxyl groups is 1. The zero-order valence-corrected chi connectivity index (χ0v) is 11.1. The average Bonchev–Trinajstić information content (AvgIpc) is 2.92. The molecule has 0 fully saturated rings. The summed E-state index contributed by atoms with van der Waals surface area (Å²) in [4.78, 5) is 22.5. The smallest absolute Gasteiger partial charge is 0.326 e. The molecule has 1 aromatic rings. The second-order valence-corrected chi connectivity index (χ2v) is 4.36. The molecule has 1 unspecified atom stereocenters. The van der Waals surface area contributed by atoms with Gasteiger partial charge in [-0.25, -0.2) is 4.79 Å². The highest BCUT2D eigenvalue weighted by Crippen LogP contribution is 2.32. The Kier molecular flexibility index (Phi) is 4.78. The van der Waals surface area contributed by atoms with Crippen molar-refractivity contribution in [2.75, 3.05) is 13.4 Å². The van der Waals surface area contributed by atoms with E-state index in [1.54, 1.807) is 18.2 Å². The highest BCUT2D eigenvalue weighted by atomic mass is 16.7. The molecule has 0 aromatic heterocycles. The fourth-order valence-electron chi connectivity index (χ4n) is 1.80. The number of benzene rings is 1. The van der Waals surface area contributed by atoms with E-state index >= 15 is 0 Å². The average molecular weight is 293 g/mol. The van der Waals surface area contributed by atoms with Gasteiger partial charge in [0.05, 0.1) is 0 Å². The highest BCUT2D eigenvalue weighted by Gasteiger charge is 2.18. The van der Waals surface area contributed by atoms with Crippen molar-refractivity contribution in [1.29, 1.82) is 0 Å². The zero-order chi connectivity index (χ0) is 15.2. The van der Waals surface area contributed by atoms with E-state index in [1.807, 2.05) is 0 Å². The largest absolute Gasteiger partial charge is 0.480 e. The van der Waals surface area contributed by atoms with E-state index < -0.39 is 17.9 Å². The molecule has 1 aliphatic heterocycles. The lowest BCUT2D eigenvalue weighted by Crippen LogP contribution is -2.40. The van der Waals surface area contributed by atoms with E-state index in [0.29, 0.717) is 11.5 Å². The summed E-state index contributed by atoms with van der Waals surface area (Å²) in [5.41, 5.74) is 0.725. The number of hydrogen-bond acceptors (Lipinski definition) is 5. The van der Waals surface area contributed by atoms with Gasteiger partial charge in [-0.3, -0.25) is 4.79 Å². The van der Waals surface area contributed by atoms with Crippen molar-refractivity contribution in [2.24, 2.45) is 0 Å². The third-order valence-electron chi connectivity index (χ3n) is 2.86. The van der Waals surface area contributed by atoms with Crippen molar-refractivity contribution in [2.45, 2.75) is 12.5 Å². The van der Waals surface area contributed by atoms with Gasteiger partial charge in [0.25, 0.3) is 0 Å². The number of aliphatic hydroxyl groups excluding tert-OH is 1. The number of rotatable bonds is 6. The van der Waals surface area contributed by atoms with E-state index in [-0.39, 0.29) is 19.8 Å². The number of carboxylic acids is 1. The number of hydrogen-bond donors (Lipinski definition) is 3. The van der Waals surface area contributed by atoms with E-state index in [2.05, 4.69) is 5.32 Å². The Labute approximate surface area is 120 Å². The zero-order valence-electron chi connectivity index (χ0n) is 11.1. The van der Waals surface area contributed by atoms with Gasteiger partial charge in [-0.1, -0.05) is 6.07 Å². The number of nitrogens with one attached hydrogen (secondary N) is 1. The second-order valence-electron chi connectivity index (χ2n) is 4.36. The normalized spacial score (nSPS) is 14.1. The molecule has 21 heavy (non-hydrogen) atoms. The van der Waals surface area contributed by atoms with Gasteiger partial charge >= 0.3 is 5.97 Å². The van der Waals surface area contributed by atoms with Crippen LogP contribution in [0.25, 0.3) is 6.08 Å². The van der Waals surface area contributed by atoms with E-state index in [1.165, 1.54) is 12.2 Å². The van der Waals surface area contributed by atoms with Crippen LogP contribution in [0.5, 0.6) is 11.5 Å². The van der Waals surface area contributed by atoms with Crippen LogP contribution in [-0.4, -0.2) is 41.5 Å². The molecular formula is C14H15NO6. The van der Waals surface area contributed by atoms with Crippen molar-refractivity contribution in [3.05, 3.63) is 29.8 Å². The van der Waals surface area contributed by atoms with Gasteiger partial charge in [-0.15, -0.1) is 0 Å². The Morgan fingerprint density at radius 3 is 2.81 bits per heavy atom. The van der Waals surface area contributed by atoms with Gasteiger partial charge in [-0.2, -0.15) is 0 Å². The van der Waals surface area contributed by atoms with Crippen LogP contribution in [0.15, 0.2) is 24.3 Å². The van der Waals surface area contributed by atoms with Crippen LogP contribution in [0.2, 0.25) is 0 Å². The van der Waals surface area contributed by atoms with E-state index in [9.17, 15) is 9.59 Å². The van der Waals surface area contributed by atoms with E-state index in [0.717, 1.165) is 5.56 Å². The molecule has 2 rings (SSSR count). The molecular weight excluding hydrogens is 278 g/mol. The minimum Gasteiger partial charge on any atom is -0.480 e. The van der Waals surface area contributed by atoms with Crippen molar-refractivity contribution in [1.82, 2.24) is 5.32 Å². The Bertz CT molecular complexity index is 569. The number of carbonyl (C=O) groups is 2. The molecule has 1 atom stereocenters. The first-order valence-corrected chi connectivity index (χ1v) is 6.32. The topological polar surface area (TPSA) is 105 Å². The van der Waals surface area contributed by atoms with Gasteiger partial charge in [0.2, 0.25) is 12.7 Å². The predicted molar refractivity (Wildman–Crippen MR) is 72.9 cm³/mol. The second kappa shape index (κ2) is 6.76. The maximum Gasteiger partial charge on any atom is 0.326 e. The maximum absolute atomic E-state index is 11.6. The molecule has 7 heteroatoms. The lowest BCUT2D eigenvalue weighted by molar-refractivity contribution is -0.141. The fraction of sp³-hybridized carbons (Fsp3) is 0.286. The quantitative estimate of drug-likeness (QED) is 0.655. The van der Waals surface area contributed by atoms with Gasteiger partial charge in [-0.05, 0) is 23.8 Å². The molecule has 0 spiro atoms. The number of aliphatic carboxylic acids is 1. The molecule has 0 saturated carbocycles. The Morgan fingerprint density at radius 1 is 1.33 bits per heavy atom. The highest BCUT2D eigenvalue weighted by molar-refractivity contribution is 5.94. The SMILES string of the molecule is O=C(C=Cc1ccc2c(c1)OCO2)NC(CCO)C(=O)O. The Morgan fingerprint density at radius 2 is 2.10 bits per heavy atom. The predicted octanol–water partition coefficient (Wildman–Crippen LogP) is 0.380. The number of carboxylic acid groups (broad SMARTS) is 1. The van der Waals surface area contributed by atoms with Gasteiger partial charge in [0.1, 0.15) is 6.04 Å². The molecule has 3 N–H and O–H groups in total. The third-order valence-corrected chi connectivity index (χ3v) is 2.86. The van der Waals surface area contributed by atoms with Gasteiger partial charge < -0.3 is 25.0 Å². The van der Waals surface area contributed by atoms with Crippen molar-refractivity contribution in [3.63, 3.8) is 0 Å². The monoisotopic (exact) mass is 293 g/mol. The summed E-state index contributed by atoms with van der Waals surface area (Å²) in [5, 5.41) is 19.9. The van der Waals surface area contributed by atoms with Crippen LogP contribution in [0.1, 0.15) is 12.0 Å². The van der Waals surface area contributed by atoms with Crippen LogP contribution < -0.4 is 14.8 Å². The minimum absolute atomic E-state index is 0.0427. The molecule has 112 valence electrons. The maximum atomic E-state index is 11.6. The summed E-state index contributed by atoms with van der Waals surface area (Å²) in [7, 11) is 0. The summed E-state index contributed by atoms with van der Waals surface area (Å²) < 4.78 is 10.4. The van der Waals surface area contributed by atoms with Crippen LogP contribution in [0.4, 0.5) is 0 Å².